The molecule has 0 amide bonds. The molecule has 0 spiro atoms. The number of hydrogen-bond donors (Lipinski definition) is 0. The maximum atomic E-state index is 9.36. The molecule has 1 atom stereocenters. The Morgan fingerprint density at radius 1 is 0.494 bits per heavy atom. The van der Waals surface area contributed by atoms with E-state index in [4.69, 9.17) is 20.7 Å². The number of para-hydroxylation sites is 3. The number of rotatable bonds is 9. The van der Waals surface area contributed by atoms with Crippen molar-refractivity contribution in [2.24, 2.45) is 0 Å². The first kappa shape index (κ1) is 41.5. The second kappa shape index (κ2) is 20.2. The molecule has 7 heteroatoms. The van der Waals surface area contributed by atoms with Gasteiger partial charge in [0.05, 0.1) is 13.7 Å². The van der Waals surface area contributed by atoms with E-state index in [2.05, 4.69) is 129 Å². The van der Waals surface area contributed by atoms with Gasteiger partial charge in [-0.15, -0.1) is 47.9 Å². The van der Waals surface area contributed by atoms with Crippen LogP contribution in [0.25, 0.3) is 44.5 Å². The Hall–Kier alpha value is -8.54. The minimum absolute atomic E-state index is 0. The summed E-state index contributed by atoms with van der Waals surface area (Å²) in [4.78, 5) is 11.3. The second-order valence-corrected chi connectivity index (χ2v) is 26.2. The van der Waals surface area contributed by atoms with Crippen molar-refractivity contribution in [1.82, 2.24) is 4.98 Å². The van der Waals surface area contributed by atoms with Crippen LogP contribution >= 0.6 is 0 Å². The predicted molar refractivity (Wildman–Crippen MR) is 334 cm³/mol. The van der Waals surface area contributed by atoms with Crippen LogP contribution in [0, 0.1) is 18.8 Å². The van der Waals surface area contributed by atoms with Crippen LogP contribution < -0.4 is 40.2 Å². The van der Waals surface area contributed by atoms with Crippen molar-refractivity contribution < 1.29 is 39.5 Å². The van der Waals surface area contributed by atoms with Gasteiger partial charge in [-0.25, -0.2) is 4.98 Å². The van der Waals surface area contributed by atoms with Crippen LogP contribution in [0.5, 0.6) is 11.5 Å². The summed E-state index contributed by atoms with van der Waals surface area (Å²) in [5, 5.41) is 5.05. The number of pyridine rings is 1. The van der Waals surface area contributed by atoms with Gasteiger partial charge in [-0.05, 0) is 102 Å². The first-order chi connectivity index (χ1) is 43.1. The maximum Gasteiger partial charge on any atom is 0.135 e. The summed E-state index contributed by atoms with van der Waals surface area (Å²) < 4.78 is 95.8. The fourth-order valence-electron chi connectivity index (χ4n) is 11.9. The van der Waals surface area contributed by atoms with E-state index in [0.717, 1.165) is 39.2 Å². The number of benzene rings is 10. The largest absolute Gasteiger partial charge is 0.509 e. The zero-order valence-corrected chi connectivity index (χ0v) is 48.7. The van der Waals surface area contributed by atoms with Gasteiger partial charge in [0.1, 0.15) is 13.9 Å². The molecule has 0 bridgehead atoms. The van der Waals surface area contributed by atoms with Gasteiger partial charge in [-0.3, -0.25) is 0 Å². The molecule has 1 aromatic heterocycles. The SMILES string of the molecule is [2H]c1c([2H])c([2H])c(-c2cc(-c3cccc(-c4c([2H])c([2H])c([2H])c([2H])c4[2H])c3N3[CH-]N(c4[c-]c(Oc5[c-]c6c(cc5)[Si]5(c7ccccc7)c7ccccc7-c7cccc(c75)N6c5cc(C(C)(C)C)ccn5)ccc4)c4ccccc43)cc(C(C)(C)C)c2)c([2H])c1[2H].[Pt]. The minimum atomic E-state index is -3.01. The Morgan fingerprint density at radius 3 is 1.85 bits per heavy atom. The molecule has 5 nitrogen and oxygen atoms in total. The molecule has 1 unspecified atom stereocenters. The molecule has 0 fully saturated rings. The fourth-order valence-corrected chi connectivity index (χ4v) is 17.4. The van der Waals surface area contributed by atoms with Gasteiger partial charge in [0.15, 0.2) is 0 Å². The van der Waals surface area contributed by atoms with Crippen molar-refractivity contribution in [1.29, 1.82) is 0 Å². The van der Waals surface area contributed by atoms with Gasteiger partial charge in [0, 0.05) is 72.6 Å². The molecule has 0 radical (unpaired) electrons. The number of hydrogen-bond acceptors (Lipinski definition) is 5. The smallest absolute Gasteiger partial charge is 0.135 e. The quantitative estimate of drug-likeness (QED) is 0.106. The molecular formula is C74H59N4OPtSi-3. The monoisotopic (exact) mass is 1250 g/mol. The third-order valence-electron chi connectivity index (χ3n) is 15.7. The summed E-state index contributed by atoms with van der Waals surface area (Å²) in [5.41, 5.74) is 10.0. The van der Waals surface area contributed by atoms with Crippen LogP contribution in [0.15, 0.2) is 243 Å². The Morgan fingerprint density at radius 2 is 1.10 bits per heavy atom. The minimum Gasteiger partial charge on any atom is -0.509 e. The van der Waals surface area contributed by atoms with E-state index in [1.807, 2.05) is 110 Å². The zero-order chi connectivity index (χ0) is 63.0. The number of anilines is 7. The molecule has 3 aliphatic heterocycles. The van der Waals surface area contributed by atoms with Gasteiger partial charge in [0.25, 0.3) is 0 Å². The normalized spacial score (nSPS) is 16.6. The van der Waals surface area contributed by atoms with E-state index in [1.165, 1.54) is 26.7 Å². The summed E-state index contributed by atoms with van der Waals surface area (Å²) >= 11 is 0. The molecule has 0 saturated heterocycles. The van der Waals surface area contributed by atoms with Crippen LogP contribution in [0.4, 0.5) is 39.9 Å². The molecule has 398 valence electrons. The Labute approximate surface area is 506 Å². The van der Waals surface area contributed by atoms with E-state index in [-0.39, 0.29) is 61.8 Å². The molecule has 0 aliphatic carbocycles. The molecule has 10 aromatic carbocycles. The molecule has 0 N–H and O–H groups in total. The topological polar surface area (TPSA) is 31.8 Å². The number of fused-ring (bicyclic) bond motifs is 6. The first-order valence-corrected chi connectivity index (χ1v) is 28.9. The third kappa shape index (κ3) is 8.75. The van der Waals surface area contributed by atoms with Crippen molar-refractivity contribution in [3.05, 3.63) is 272 Å². The molecule has 11 aromatic rings. The van der Waals surface area contributed by atoms with Crippen LogP contribution in [-0.4, -0.2) is 13.1 Å². The summed E-state index contributed by atoms with van der Waals surface area (Å²) in [7, 11) is -3.01. The van der Waals surface area contributed by atoms with Crippen molar-refractivity contribution in [3.63, 3.8) is 0 Å². The average molecular weight is 1250 g/mol. The maximum absolute atomic E-state index is 9.36. The second-order valence-electron chi connectivity index (χ2n) is 22.5. The molecular weight excluding hydrogens is 1180 g/mol. The Bertz CT molecular complexity index is 4760. The van der Waals surface area contributed by atoms with Gasteiger partial charge < -0.3 is 19.4 Å². The summed E-state index contributed by atoms with van der Waals surface area (Å²) in [6.07, 6.45) is 1.89. The summed E-state index contributed by atoms with van der Waals surface area (Å²) in [6.45, 7) is 14.6. The molecule has 0 saturated carbocycles. The van der Waals surface area contributed by atoms with Crippen molar-refractivity contribution in [3.8, 4) is 56.0 Å². The number of nitrogens with zero attached hydrogens (tertiary/aromatic N) is 4. The van der Waals surface area contributed by atoms with Crippen molar-refractivity contribution in [2.45, 2.75) is 52.4 Å². The zero-order valence-electron chi connectivity index (χ0n) is 55.4. The van der Waals surface area contributed by atoms with Gasteiger partial charge in [-0.1, -0.05) is 222 Å². The van der Waals surface area contributed by atoms with Crippen LogP contribution in [0.3, 0.4) is 0 Å². The van der Waals surface area contributed by atoms with Crippen molar-refractivity contribution >= 4 is 68.8 Å². The van der Waals surface area contributed by atoms with Crippen LogP contribution in [-0.2, 0) is 31.9 Å². The van der Waals surface area contributed by atoms with Crippen molar-refractivity contribution in [2.75, 3.05) is 14.7 Å². The summed E-state index contributed by atoms with van der Waals surface area (Å²) in [5.74, 6) is 1.64. The first-order valence-electron chi connectivity index (χ1n) is 31.9. The Balaban J connectivity index is 0.00000758. The molecule has 14 rings (SSSR count). The van der Waals surface area contributed by atoms with Gasteiger partial charge in [0.2, 0.25) is 0 Å². The van der Waals surface area contributed by atoms with Gasteiger partial charge >= 0.3 is 0 Å². The molecule has 81 heavy (non-hydrogen) atoms. The third-order valence-corrected chi connectivity index (χ3v) is 20.6. The van der Waals surface area contributed by atoms with Crippen LogP contribution in [0.1, 0.15) is 66.4 Å². The molecule has 4 heterocycles. The van der Waals surface area contributed by atoms with Crippen LogP contribution in [0.2, 0.25) is 0 Å². The van der Waals surface area contributed by atoms with E-state index < -0.39 is 49.7 Å². The van der Waals surface area contributed by atoms with E-state index >= 15 is 0 Å². The van der Waals surface area contributed by atoms with E-state index in [1.54, 1.807) is 18.2 Å². The molecule has 3 aliphatic rings. The van der Waals surface area contributed by atoms with E-state index in [9.17, 15) is 2.74 Å². The number of aromatic nitrogens is 1. The summed E-state index contributed by atoms with van der Waals surface area (Å²) in [6, 6.07) is 62.4. The Kier molecular flexibility index (Phi) is 10.3. The van der Waals surface area contributed by atoms with E-state index in [0.29, 0.717) is 50.8 Å². The van der Waals surface area contributed by atoms with Gasteiger partial charge in [-0.2, -0.15) is 12.1 Å². The average Bonchev–Trinajstić information content (AvgIpc) is 1.56. The predicted octanol–water partition coefficient (Wildman–Crippen LogP) is 16.6. The fraction of sp³-hybridized carbons (Fsp3) is 0.108. The standard InChI is InChI=1S/C74H59N4OSi.Pt/c1-73(2,3)54-41-42-75-70(46-54)78-66-37-22-34-63-62-31-16-19-38-68(62)80(72(63)66,59-29-14-9-15-30-59)69-40-39-58(48-67(69)78)79-57-28-20-27-56(47-57)76-49-77(65-36-18-17-35-64(65)76)71-60(51-25-12-8-13-26-51)32-21-33-61(71)53-43-52(50-23-10-7-11-24-50)44-55(45-53)74(4,5)6;/h7-46,49H,1-6H3;/q-3;/i7D,8D,10D,11D,12D,13D,23D,24D,25D,26D;. The number of ether oxygens (including phenoxy) is 1.